The van der Waals surface area contributed by atoms with Crippen LogP contribution < -0.4 is 5.32 Å². The quantitative estimate of drug-likeness (QED) is 0.701. The van der Waals surface area contributed by atoms with Crippen LogP contribution in [0.4, 0.5) is 5.82 Å². The van der Waals surface area contributed by atoms with Gasteiger partial charge in [0.15, 0.2) is 0 Å². The van der Waals surface area contributed by atoms with Crippen molar-refractivity contribution in [1.29, 1.82) is 0 Å². The average Bonchev–Trinajstić information content (AvgIpc) is 3.46. The van der Waals surface area contributed by atoms with Gasteiger partial charge in [0.25, 0.3) is 0 Å². The van der Waals surface area contributed by atoms with Crippen LogP contribution in [-0.2, 0) is 11.8 Å². The molecule has 1 aromatic carbocycles. The molecule has 1 N–H and O–H groups in total. The zero-order chi connectivity index (χ0) is 20.8. The number of aromatic nitrogens is 4. The number of nitrogens with zero attached hydrogens (tertiary/aromatic N) is 5. The summed E-state index contributed by atoms with van der Waals surface area (Å²) in [5.41, 5.74) is 2.97. The van der Waals surface area contributed by atoms with Crippen LogP contribution in [-0.4, -0.2) is 63.3 Å². The Kier molecular flexibility index (Phi) is 4.88. The summed E-state index contributed by atoms with van der Waals surface area (Å²) in [6.07, 6.45) is 6.92. The van der Waals surface area contributed by atoms with Crippen LogP contribution >= 0.6 is 0 Å². The molecule has 162 valence electrons. The van der Waals surface area contributed by atoms with Gasteiger partial charge in [0.1, 0.15) is 5.82 Å². The molecule has 7 heteroatoms. The number of likely N-dealkylation sites (tertiary alicyclic amines) is 1. The first kappa shape index (κ1) is 19.2. The van der Waals surface area contributed by atoms with Crippen LogP contribution in [0.1, 0.15) is 25.7 Å². The lowest BCUT2D eigenvalue weighted by molar-refractivity contribution is 0.0396. The van der Waals surface area contributed by atoms with Gasteiger partial charge in [-0.25, -0.2) is 0 Å². The Bertz CT molecular complexity index is 1040. The molecule has 2 aromatic heterocycles. The van der Waals surface area contributed by atoms with E-state index in [1.54, 1.807) is 0 Å². The highest BCUT2D eigenvalue weighted by Crippen LogP contribution is 2.40. The van der Waals surface area contributed by atoms with Crippen molar-refractivity contribution < 1.29 is 4.74 Å². The third kappa shape index (κ3) is 3.81. The van der Waals surface area contributed by atoms with E-state index in [4.69, 9.17) is 4.74 Å². The number of anilines is 1. The number of aryl methyl sites for hydroxylation is 1. The molecule has 2 unspecified atom stereocenters. The second kappa shape index (κ2) is 7.88. The Balaban J connectivity index is 1.07. The van der Waals surface area contributed by atoms with E-state index in [0.717, 1.165) is 59.1 Å². The number of benzene rings is 1. The van der Waals surface area contributed by atoms with Gasteiger partial charge in [-0.1, -0.05) is 6.07 Å². The highest BCUT2D eigenvalue weighted by atomic mass is 16.5. The molecule has 0 spiro atoms. The summed E-state index contributed by atoms with van der Waals surface area (Å²) < 4.78 is 7.38. The summed E-state index contributed by atoms with van der Waals surface area (Å²) in [6.45, 7) is 4.39. The molecular formula is C24H30N6O. The Morgan fingerprint density at radius 3 is 2.55 bits per heavy atom. The molecule has 6 rings (SSSR count). The molecule has 3 aliphatic rings. The third-order valence-electron chi connectivity index (χ3n) is 7.42. The summed E-state index contributed by atoms with van der Waals surface area (Å²) in [5.74, 6) is 2.52. The predicted molar refractivity (Wildman–Crippen MR) is 121 cm³/mol. The first-order chi connectivity index (χ1) is 15.2. The van der Waals surface area contributed by atoms with Gasteiger partial charge in [-0.15, -0.1) is 10.2 Å². The van der Waals surface area contributed by atoms with E-state index in [0.29, 0.717) is 6.04 Å². The largest absolute Gasteiger partial charge is 0.381 e. The molecule has 2 atom stereocenters. The average molecular weight is 419 g/mol. The maximum absolute atomic E-state index is 5.54. The lowest BCUT2D eigenvalue weighted by atomic mass is 10.0. The normalized spacial score (nSPS) is 27.1. The Labute approximate surface area is 182 Å². The highest BCUT2D eigenvalue weighted by molar-refractivity contribution is 5.83. The van der Waals surface area contributed by atoms with E-state index < -0.39 is 0 Å². The molecule has 7 nitrogen and oxygen atoms in total. The summed E-state index contributed by atoms with van der Waals surface area (Å²) in [4.78, 5) is 2.74. The molecule has 0 radical (unpaired) electrons. The van der Waals surface area contributed by atoms with Gasteiger partial charge in [-0.2, -0.15) is 5.10 Å². The van der Waals surface area contributed by atoms with E-state index in [1.165, 1.54) is 38.8 Å². The van der Waals surface area contributed by atoms with Gasteiger partial charge in [-0.05, 0) is 61.8 Å². The fourth-order valence-electron chi connectivity index (χ4n) is 5.88. The van der Waals surface area contributed by atoms with E-state index in [2.05, 4.69) is 49.8 Å². The molecule has 2 saturated heterocycles. The first-order valence-electron chi connectivity index (χ1n) is 11.6. The molecule has 1 saturated carbocycles. The zero-order valence-electron chi connectivity index (χ0n) is 18.1. The monoisotopic (exact) mass is 418 g/mol. The van der Waals surface area contributed by atoms with E-state index in [9.17, 15) is 0 Å². The van der Waals surface area contributed by atoms with Crippen LogP contribution in [0.25, 0.3) is 22.2 Å². The Morgan fingerprint density at radius 1 is 1.00 bits per heavy atom. The van der Waals surface area contributed by atoms with Crippen molar-refractivity contribution in [3.8, 4) is 11.3 Å². The second-order valence-corrected chi connectivity index (χ2v) is 9.51. The molecule has 1 aliphatic carbocycles. The standard InChI is InChI=1S/C24H30N6O/c1-29-13-19-10-16(2-3-23(19)28-29)22-4-5-24(27-26-22)25-20-11-17-14-30(15-18(17)12-20)21-6-8-31-9-7-21/h2-5,10,13,17-18,20-21H,6-9,11-12,14-15H2,1H3,(H,25,27). The van der Waals surface area contributed by atoms with Gasteiger partial charge in [0.2, 0.25) is 0 Å². The molecule has 2 aliphatic heterocycles. The molecular weight excluding hydrogens is 388 g/mol. The van der Waals surface area contributed by atoms with Gasteiger partial charge in [-0.3, -0.25) is 9.58 Å². The van der Waals surface area contributed by atoms with Crippen LogP contribution in [0.5, 0.6) is 0 Å². The Hall–Kier alpha value is -2.51. The van der Waals surface area contributed by atoms with E-state index in [1.807, 2.05) is 24.0 Å². The maximum atomic E-state index is 5.54. The van der Waals surface area contributed by atoms with Crippen molar-refractivity contribution in [1.82, 2.24) is 24.9 Å². The molecule has 0 amide bonds. The number of rotatable bonds is 4. The number of hydrogen-bond acceptors (Lipinski definition) is 6. The molecule has 3 fully saturated rings. The summed E-state index contributed by atoms with van der Waals surface area (Å²) >= 11 is 0. The second-order valence-electron chi connectivity index (χ2n) is 9.51. The summed E-state index contributed by atoms with van der Waals surface area (Å²) in [6, 6.07) is 11.6. The number of fused-ring (bicyclic) bond motifs is 2. The summed E-state index contributed by atoms with van der Waals surface area (Å²) in [7, 11) is 1.94. The van der Waals surface area contributed by atoms with E-state index >= 15 is 0 Å². The van der Waals surface area contributed by atoms with Crippen LogP contribution in [0.2, 0.25) is 0 Å². The van der Waals surface area contributed by atoms with Crippen molar-refractivity contribution in [2.24, 2.45) is 18.9 Å². The number of ether oxygens (including phenoxy) is 1. The Morgan fingerprint density at radius 2 is 1.81 bits per heavy atom. The van der Waals surface area contributed by atoms with Crippen molar-refractivity contribution in [3.05, 3.63) is 36.5 Å². The molecule has 31 heavy (non-hydrogen) atoms. The van der Waals surface area contributed by atoms with E-state index in [-0.39, 0.29) is 0 Å². The van der Waals surface area contributed by atoms with Crippen molar-refractivity contribution in [2.45, 2.75) is 37.8 Å². The van der Waals surface area contributed by atoms with Gasteiger partial charge in [0.05, 0.1) is 11.2 Å². The lowest BCUT2D eigenvalue weighted by Gasteiger charge is -2.32. The minimum Gasteiger partial charge on any atom is -0.381 e. The van der Waals surface area contributed by atoms with Gasteiger partial charge < -0.3 is 10.1 Å². The third-order valence-corrected chi connectivity index (χ3v) is 7.42. The van der Waals surface area contributed by atoms with Crippen molar-refractivity contribution in [2.75, 3.05) is 31.6 Å². The molecule has 4 heterocycles. The fourth-order valence-corrected chi connectivity index (χ4v) is 5.88. The minimum absolute atomic E-state index is 0.513. The topological polar surface area (TPSA) is 68.1 Å². The van der Waals surface area contributed by atoms with Crippen molar-refractivity contribution >= 4 is 16.7 Å². The maximum Gasteiger partial charge on any atom is 0.148 e. The number of hydrogen-bond donors (Lipinski definition) is 1. The van der Waals surface area contributed by atoms with Gasteiger partial charge >= 0.3 is 0 Å². The fraction of sp³-hybridized carbons (Fsp3) is 0.542. The minimum atomic E-state index is 0.513. The van der Waals surface area contributed by atoms with Crippen LogP contribution in [0.15, 0.2) is 36.5 Å². The predicted octanol–water partition coefficient (Wildman–Crippen LogP) is 3.33. The zero-order valence-corrected chi connectivity index (χ0v) is 18.1. The first-order valence-corrected chi connectivity index (χ1v) is 11.6. The van der Waals surface area contributed by atoms with Gasteiger partial charge in [0, 0.05) is 62.6 Å². The molecule has 0 bridgehead atoms. The molecule has 3 aromatic rings. The highest BCUT2D eigenvalue weighted by Gasteiger charge is 2.42. The van der Waals surface area contributed by atoms with Crippen LogP contribution in [0.3, 0.4) is 0 Å². The smallest absolute Gasteiger partial charge is 0.148 e. The SMILES string of the molecule is Cn1cc2cc(-c3ccc(NC4CC5CN(C6CCOCC6)CC5C4)nn3)ccc2n1. The lowest BCUT2D eigenvalue weighted by Crippen LogP contribution is -2.39. The number of nitrogens with one attached hydrogen (secondary N) is 1. The summed E-state index contributed by atoms with van der Waals surface area (Å²) in [5, 5.41) is 18.2. The van der Waals surface area contributed by atoms with Crippen molar-refractivity contribution in [3.63, 3.8) is 0 Å². The van der Waals surface area contributed by atoms with Crippen LogP contribution in [0, 0.1) is 11.8 Å².